The van der Waals surface area contributed by atoms with Gasteiger partial charge in [0.15, 0.2) is 0 Å². The number of para-hydroxylation sites is 1. The number of hydrogen-bond acceptors (Lipinski definition) is 2. The Kier molecular flexibility index (Phi) is 6.82. The smallest absolute Gasteiger partial charge is 0.126 e. The molecule has 1 nitrogen and oxygen atoms in total. The lowest BCUT2D eigenvalue weighted by Gasteiger charge is -2.08. The summed E-state index contributed by atoms with van der Waals surface area (Å²) in [5.74, 6) is 1.95. The van der Waals surface area contributed by atoms with Crippen LogP contribution in [0.3, 0.4) is 0 Å². The quantitative estimate of drug-likeness (QED) is 0.551. The van der Waals surface area contributed by atoms with Gasteiger partial charge in [0.05, 0.1) is 6.61 Å². The van der Waals surface area contributed by atoms with Gasteiger partial charge in [0.1, 0.15) is 5.75 Å². The molecule has 0 spiro atoms. The molecule has 0 bridgehead atoms. The Bertz CT molecular complexity index is 320. The Labute approximate surface area is 104 Å². The van der Waals surface area contributed by atoms with Crippen LogP contribution < -0.4 is 4.74 Å². The second-order valence-electron chi connectivity index (χ2n) is 3.67. The third-order valence-corrected chi connectivity index (χ3v) is 2.64. The summed E-state index contributed by atoms with van der Waals surface area (Å²) in [6, 6.07) is 8.14. The van der Waals surface area contributed by atoms with Crippen LogP contribution in [0.5, 0.6) is 5.75 Å². The Morgan fingerprint density at radius 3 is 2.75 bits per heavy atom. The van der Waals surface area contributed by atoms with Crippen molar-refractivity contribution < 1.29 is 4.74 Å². The number of allylic oxidation sites excluding steroid dienone is 1. The molecule has 0 aromatic heterocycles. The van der Waals surface area contributed by atoms with Crippen LogP contribution in [-0.4, -0.2) is 12.4 Å². The Morgan fingerprint density at radius 1 is 1.19 bits per heavy atom. The van der Waals surface area contributed by atoms with Gasteiger partial charge in [0.2, 0.25) is 0 Å². The minimum Gasteiger partial charge on any atom is -0.493 e. The molecule has 0 amide bonds. The van der Waals surface area contributed by atoms with E-state index in [2.05, 4.69) is 24.8 Å². The molecule has 0 saturated heterocycles. The van der Waals surface area contributed by atoms with E-state index >= 15 is 0 Å². The van der Waals surface area contributed by atoms with E-state index < -0.39 is 0 Å². The van der Waals surface area contributed by atoms with Gasteiger partial charge < -0.3 is 4.74 Å². The summed E-state index contributed by atoms with van der Waals surface area (Å²) in [7, 11) is 0. The first-order valence-electron chi connectivity index (χ1n) is 5.84. The maximum atomic E-state index is 5.76. The number of benzene rings is 1. The van der Waals surface area contributed by atoms with E-state index in [1.54, 1.807) is 0 Å². The zero-order valence-corrected chi connectivity index (χ0v) is 10.7. The maximum absolute atomic E-state index is 5.76. The first-order chi connectivity index (χ1) is 7.88. The van der Waals surface area contributed by atoms with Crippen molar-refractivity contribution in [2.45, 2.75) is 26.2 Å². The average molecular weight is 236 g/mol. The van der Waals surface area contributed by atoms with Crippen LogP contribution in [0, 0.1) is 0 Å². The minimum atomic E-state index is 0.794. The molecule has 0 aliphatic heterocycles. The third kappa shape index (κ3) is 4.75. The fraction of sp³-hybridized carbons (Fsp3) is 0.429. The molecule has 0 unspecified atom stereocenters. The van der Waals surface area contributed by atoms with Crippen LogP contribution in [0.15, 0.2) is 30.3 Å². The van der Waals surface area contributed by atoms with Gasteiger partial charge >= 0.3 is 0 Å². The zero-order valence-electron chi connectivity index (χ0n) is 9.86. The fourth-order valence-electron chi connectivity index (χ4n) is 1.50. The predicted octanol–water partition coefficient (Wildman–Crippen LogP) is 4.20. The first-order valence-corrected chi connectivity index (χ1v) is 6.47. The summed E-state index contributed by atoms with van der Waals surface area (Å²) in [4.78, 5) is 0. The highest BCUT2D eigenvalue weighted by Gasteiger charge is 1.98. The van der Waals surface area contributed by atoms with E-state index in [1.165, 1.54) is 12.8 Å². The number of ether oxygens (including phenoxy) is 1. The molecule has 1 aromatic rings. The summed E-state index contributed by atoms with van der Waals surface area (Å²) >= 11 is 4.19. The molecule has 88 valence electrons. The summed E-state index contributed by atoms with van der Waals surface area (Å²) in [5, 5.41) is 0. The highest BCUT2D eigenvalue weighted by molar-refractivity contribution is 7.80. The molecular weight excluding hydrogens is 216 g/mol. The van der Waals surface area contributed by atoms with Crippen molar-refractivity contribution in [3.63, 3.8) is 0 Å². The molecule has 0 aliphatic carbocycles. The fourth-order valence-corrected chi connectivity index (χ4v) is 1.73. The van der Waals surface area contributed by atoms with Crippen molar-refractivity contribution >= 4 is 18.7 Å². The average Bonchev–Trinajstić information content (AvgIpc) is 2.31. The van der Waals surface area contributed by atoms with Crippen molar-refractivity contribution in [1.82, 2.24) is 0 Å². The van der Waals surface area contributed by atoms with E-state index in [1.807, 2.05) is 31.2 Å². The third-order valence-electron chi connectivity index (χ3n) is 2.33. The van der Waals surface area contributed by atoms with E-state index in [0.717, 1.165) is 30.1 Å². The second-order valence-corrected chi connectivity index (χ2v) is 4.12. The molecule has 0 saturated carbocycles. The summed E-state index contributed by atoms with van der Waals surface area (Å²) in [6.45, 7) is 2.81. The number of unbranched alkanes of at least 4 members (excludes halogenated alkanes) is 2. The Hall–Kier alpha value is -0.890. The lowest BCUT2D eigenvalue weighted by molar-refractivity contribution is 0.306. The standard InChI is InChI=1S/C14H20OS/c1-2-8-13-9-4-5-10-14(13)15-11-6-3-7-12-16/h2,4-5,8-10,16H,3,6-7,11-12H2,1H3. The first kappa shape index (κ1) is 13.2. The predicted molar refractivity (Wildman–Crippen MR) is 74.3 cm³/mol. The van der Waals surface area contributed by atoms with E-state index in [4.69, 9.17) is 4.74 Å². The molecular formula is C14H20OS. The van der Waals surface area contributed by atoms with Gasteiger partial charge in [0.25, 0.3) is 0 Å². The zero-order chi connectivity index (χ0) is 11.6. The highest BCUT2D eigenvalue weighted by Crippen LogP contribution is 2.19. The monoisotopic (exact) mass is 236 g/mol. The Morgan fingerprint density at radius 2 is 2.00 bits per heavy atom. The molecule has 0 N–H and O–H groups in total. The van der Waals surface area contributed by atoms with E-state index in [0.29, 0.717) is 0 Å². The van der Waals surface area contributed by atoms with Gasteiger partial charge in [-0.15, -0.1) is 0 Å². The second kappa shape index (κ2) is 8.28. The molecule has 0 heterocycles. The van der Waals surface area contributed by atoms with Crippen LogP contribution in [0.4, 0.5) is 0 Å². The highest BCUT2D eigenvalue weighted by atomic mass is 32.1. The molecule has 1 rings (SSSR count). The van der Waals surface area contributed by atoms with Crippen molar-refractivity contribution in [2.75, 3.05) is 12.4 Å². The summed E-state index contributed by atoms with van der Waals surface area (Å²) < 4.78 is 5.76. The molecule has 2 heteroatoms. The molecule has 16 heavy (non-hydrogen) atoms. The van der Waals surface area contributed by atoms with Gasteiger partial charge in [0, 0.05) is 5.56 Å². The van der Waals surface area contributed by atoms with Gasteiger partial charge in [-0.05, 0) is 38.0 Å². The van der Waals surface area contributed by atoms with Crippen LogP contribution in [0.25, 0.3) is 6.08 Å². The van der Waals surface area contributed by atoms with Crippen LogP contribution in [0.1, 0.15) is 31.7 Å². The van der Waals surface area contributed by atoms with Crippen molar-refractivity contribution in [3.05, 3.63) is 35.9 Å². The van der Waals surface area contributed by atoms with Gasteiger partial charge in [-0.3, -0.25) is 0 Å². The molecule has 1 aromatic carbocycles. The minimum absolute atomic E-state index is 0.794. The van der Waals surface area contributed by atoms with E-state index in [9.17, 15) is 0 Å². The number of thiol groups is 1. The topological polar surface area (TPSA) is 9.23 Å². The van der Waals surface area contributed by atoms with Gasteiger partial charge in [-0.1, -0.05) is 30.4 Å². The van der Waals surface area contributed by atoms with Crippen molar-refractivity contribution in [2.24, 2.45) is 0 Å². The van der Waals surface area contributed by atoms with Crippen molar-refractivity contribution in [3.8, 4) is 5.75 Å². The lowest BCUT2D eigenvalue weighted by atomic mass is 10.2. The number of hydrogen-bond donors (Lipinski definition) is 1. The molecule has 0 aliphatic rings. The number of rotatable bonds is 7. The van der Waals surface area contributed by atoms with Crippen LogP contribution in [-0.2, 0) is 0 Å². The molecule has 0 radical (unpaired) electrons. The van der Waals surface area contributed by atoms with Crippen molar-refractivity contribution in [1.29, 1.82) is 0 Å². The van der Waals surface area contributed by atoms with Crippen LogP contribution in [0.2, 0.25) is 0 Å². The largest absolute Gasteiger partial charge is 0.493 e. The lowest BCUT2D eigenvalue weighted by Crippen LogP contribution is -1.98. The van der Waals surface area contributed by atoms with Gasteiger partial charge in [-0.2, -0.15) is 12.6 Å². The molecule has 0 fully saturated rings. The van der Waals surface area contributed by atoms with Gasteiger partial charge in [-0.25, -0.2) is 0 Å². The summed E-state index contributed by atoms with van der Waals surface area (Å²) in [5.41, 5.74) is 1.15. The molecule has 0 atom stereocenters. The van der Waals surface area contributed by atoms with Crippen LogP contribution >= 0.6 is 12.6 Å². The van der Waals surface area contributed by atoms with E-state index in [-0.39, 0.29) is 0 Å². The SMILES string of the molecule is CC=Cc1ccccc1OCCCCCS. The summed E-state index contributed by atoms with van der Waals surface area (Å²) in [6.07, 6.45) is 7.56. The Balaban J connectivity index is 2.40. The maximum Gasteiger partial charge on any atom is 0.126 e. The normalized spacial score (nSPS) is 10.9.